The van der Waals surface area contributed by atoms with Crippen molar-refractivity contribution in [2.45, 2.75) is 18.6 Å². The number of nitrogens with one attached hydrogen (secondary N) is 1. The number of hydrogen-bond acceptors (Lipinski definition) is 4. The number of carbonyl (C=O) groups is 1. The summed E-state index contributed by atoms with van der Waals surface area (Å²) in [4.78, 5) is 11.7. The SMILES string of the molecule is Nc1ccc(NC(=O)CCCSCc2ccco2)cc1. The van der Waals surface area contributed by atoms with Crippen molar-refractivity contribution in [3.8, 4) is 0 Å². The molecule has 1 heterocycles. The first-order chi connectivity index (χ1) is 9.74. The lowest BCUT2D eigenvalue weighted by Crippen LogP contribution is -2.11. The Labute approximate surface area is 122 Å². The second-order valence-corrected chi connectivity index (χ2v) is 5.51. The summed E-state index contributed by atoms with van der Waals surface area (Å²) in [5.74, 6) is 2.80. The highest BCUT2D eigenvalue weighted by Crippen LogP contribution is 2.15. The second-order valence-electron chi connectivity index (χ2n) is 4.41. The van der Waals surface area contributed by atoms with E-state index in [2.05, 4.69) is 5.32 Å². The number of anilines is 2. The molecule has 0 fully saturated rings. The number of carbonyl (C=O) groups excluding carboxylic acids is 1. The summed E-state index contributed by atoms with van der Waals surface area (Å²) in [6.45, 7) is 0. The summed E-state index contributed by atoms with van der Waals surface area (Å²) in [6, 6.07) is 11.0. The van der Waals surface area contributed by atoms with Crippen LogP contribution in [0.4, 0.5) is 11.4 Å². The fourth-order valence-corrected chi connectivity index (χ4v) is 2.55. The maximum atomic E-state index is 11.7. The van der Waals surface area contributed by atoms with E-state index < -0.39 is 0 Å². The van der Waals surface area contributed by atoms with Crippen LogP contribution in [-0.4, -0.2) is 11.7 Å². The molecule has 0 saturated carbocycles. The molecule has 0 radical (unpaired) electrons. The molecule has 0 unspecified atom stereocenters. The van der Waals surface area contributed by atoms with Gasteiger partial charge in [0, 0.05) is 17.8 Å². The van der Waals surface area contributed by atoms with E-state index in [1.807, 2.05) is 12.1 Å². The first-order valence-corrected chi connectivity index (χ1v) is 7.65. The van der Waals surface area contributed by atoms with Crippen LogP contribution in [0, 0.1) is 0 Å². The van der Waals surface area contributed by atoms with Crippen molar-refractivity contribution in [1.29, 1.82) is 0 Å². The minimum atomic E-state index is 0.0355. The molecule has 1 aromatic carbocycles. The Morgan fingerprint density at radius 2 is 2.05 bits per heavy atom. The fraction of sp³-hybridized carbons (Fsp3) is 0.267. The molecular weight excluding hydrogens is 272 g/mol. The third-order valence-electron chi connectivity index (χ3n) is 2.71. The van der Waals surface area contributed by atoms with E-state index in [-0.39, 0.29) is 5.91 Å². The van der Waals surface area contributed by atoms with Gasteiger partial charge >= 0.3 is 0 Å². The summed E-state index contributed by atoms with van der Waals surface area (Å²) >= 11 is 1.77. The largest absolute Gasteiger partial charge is 0.468 e. The fourth-order valence-electron chi connectivity index (χ4n) is 1.69. The van der Waals surface area contributed by atoms with Crippen LogP contribution in [0.2, 0.25) is 0 Å². The Bertz CT molecular complexity index is 523. The monoisotopic (exact) mass is 290 g/mol. The first kappa shape index (κ1) is 14.5. The molecule has 0 atom stereocenters. The zero-order valence-corrected chi connectivity index (χ0v) is 12.0. The molecular formula is C15H18N2O2S. The zero-order chi connectivity index (χ0) is 14.2. The van der Waals surface area contributed by atoms with E-state index >= 15 is 0 Å². The molecule has 0 aliphatic carbocycles. The van der Waals surface area contributed by atoms with Gasteiger partial charge in [-0.1, -0.05) is 0 Å². The molecule has 0 aliphatic rings. The average Bonchev–Trinajstić information content (AvgIpc) is 2.94. The van der Waals surface area contributed by atoms with E-state index in [0.29, 0.717) is 12.1 Å². The number of benzene rings is 1. The van der Waals surface area contributed by atoms with Crippen molar-refractivity contribution in [1.82, 2.24) is 0 Å². The minimum Gasteiger partial charge on any atom is -0.468 e. The Balaban J connectivity index is 1.59. The molecule has 5 heteroatoms. The highest BCUT2D eigenvalue weighted by atomic mass is 32.2. The normalized spacial score (nSPS) is 10.4. The number of furan rings is 1. The molecule has 0 saturated heterocycles. The second kappa shape index (κ2) is 7.65. The number of rotatable bonds is 7. The predicted molar refractivity (Wildman–Crippen MR) is 83.6 cm³/mol. The van der Waals surface area contributed by atoms with Crippen molar-refractivity contribution >= 4 is 29.0 Å². The van der Waals surface area contributed by atoms with Crippen molar-refractivity contribution in [3.63, 3.8) is 0 Å². The Morgan fingerprint density at radius 1 is 1.25 bits per heavy atom. The molecule has 106 valence electrons. The average molecular weight is 290 g/mol. The zero-order valence-electron chi connectivity index (χ0n) is 11.2. The van der Waals surface area contributed by atoms with Gasteiger partial charge in [-0.25, -0.2) is 0 Å². The molecule has 2 rings (SSSR count). The van der Waals surface area contributed by atoms with Crippen LogP contribution in [0.25, 0.3) is 0 Å². The smallest absolute Gasteiger partial charge is 0.224 e. The predicted octanol–water partition coefficient (Wildman–Crippen LogP) is 3.51. The number of nitrogens with two attached hydrogens (primary N) is 1. The van der Waals surface area contributed by atoms with Gasteiger partial charge in [0.15, 0.2) is 0 Å². The molecule has 1 amide bonds. The van der Waals surface area contributed by atoms with Crippen LogP contribution >= 0.6 is 11.8 Å². The van der Waals surface area contributed by atoms with Gasteiger partial charge in [0.05, 0.1) is 12.0 Å². The quantitative estimate of drug-likeness (QED) is 0.605. The summed E-state index contributed by atoms with van der Waals surface area (Å²) < 4.78 is 5.24. The van der Waals surface area contributed by atoms with Gasteiger partial charge in [0.1, 0.15) is 5.76 Å². The minimum absolute atomic E-state index is 0.0355. The number of thioether (sulfide) groups is 1. The van der Waals surface area contributed by atoms with Gasteiger partial charge < -0.3 is 15.5 Å². The van der Waals surface area contributed by atoms with Crippen LogP contribution in [0.5, 0.6) is 0 Å². The highest BCUT2D eigenvalue weighted by Gasteiger charge is 2.02. The van der Waals surface area contributed by atoms with Gasteiger partial charge in [-0.2, -0.15) is 11.8 Å². The molecule has 2 aromatic rings. The molecule has 0 aliphatic heterocycles. The van der Waals surface area contributed by atoms with Crippen LogP contribution in [0.15, 0.2) is 47.1 Å². The first-order valence-electron chi connectivity index (χ1n) is 6.49. The maximum absolute atomic E-state index is 11.7. The third kappa shape index (κ3) is 5.01. The molecule has 0 spiro atoms. The van der Waals surface area contributed by atoms with Gasteiger partial charge in [-0.05, 0) is 48.6 Å². The van der Waals surface area contributed by atoms with Gasteiger partial charge in [-0.15, -0.1) is 0 Å². The Kier molecular flexibility index (Phi) is 5.55. The van der Waals surface area contributed by atoms with Gasteiger partial charge in [0.2, 0.25) is 5.91 Å². The third-order valence-corrected chi connectivity index (χ3v) is 3.78. The van der Waals surface area contributed by atoms with Gasteiger partial charge in [0.25, 0.3) is 0 Å². The van der Waals surface area contributed by atoms with E-state index in [0.717, 1.165) is 29.4 Å². The van der Waals surface area contributed by atoms with E-state index in [4.69, 9.17) is 10.2 Å². The lowest BCUT2D eigenvalue weighted by atomic mass is 10.2. The highest BCUT2D eigenvalue weighted by molar-refractivity contribution is 7.98. The topological polar surface area (TPSA) is 68.3 Å². The Morgan fingerprint density at radius 3 is 2.75 bits per heavy atom. The number of hydrogen-bond donors (Lipinski definition) is 2. The van der Waals surface area contributed by atoms with Crippen LogP contribution in [-0.2, 0) is 10.5 Å². The lowest BCUT2D eigenvalue weighted by Gasteiger charge is -2.05. The van der Waals surface area contributed by atoms with Crippen LogP contribution in [0.3, 0.4) is 0 Å². The maximum Gasteiger partial charge on any atom is 0.224 e. The van der Waals surface area contributed by atoms with E-state index in [9.17, 15) is 4.79 Å². The van der Waals surface area contributed by atoms with Gasteiger partial charge in [-0.3, -0.25) is 4.79 Å². The van der Waals surface area contributed by atoms with E-state index in [1.54, 1.807) is 42.3 Å². The Hall–Kier alpha value is -1.88. The molecule has 4 nitrogen and oxygen atoms in total. The molecule has 20 heavy (non-hydrogen) atoms. The lowest BCUT2D eigenvalue weighted by molar-refractivity contribution is -0.116. The molecule has 0 bridgehead atoms. The van der Waals surface area contributed by atoms with Crippen molar-refractivity contribution in [2.24, 2.45) is 0 Å². The van der Waals surface area contributed by atoms with Crippen LogP contribution in [0.1, 0.15) is 18.6 Å². The summed E-state index contributed by atoms with van der Waals surface area (Å²) in [6.07, 6.45) is 3.05. The molecule has 3 N–H and O–H groups in total. The number of nitrogen functional groups attached to an aromatic ring is 1. The molecule has 1 aromatic heterocycles. The van der Waals surface area contributed by atoms with Crippen molar-refractivity contribution in [3.05, 3.63) is 48.4 Å². The summed E-state index contributed by atoms with van der Waals surface area (Å²) in [7, 11) is 0. The van der Waals surface area contributed by atoms with Crippen LogP contribution < -0.4 is 11.1 Å². The van der Waals surface area contributed by atoms with Crippen molar-refractivity contribution in [2.75, 3.05) is 16.8 Å². The number of amides is 1. The summed E-state index contributed by atoms with van der Waals surface area (Å²) in [5.41, 5.74) is 7.06. The van der Waals surface area contributed by atoms with Crippen molar-refractivity contribution < 1.29 is 9.21 Å². The van der Waals surface area contributed by atoms with E-state index in [1.165, 1.54) is 0 Å². The standard InChI is InChI=1S/C15H18N2O2S/c16-12-5-7-13(8-6-12)17-15(18)4-2-10-20-11-14-3-1-9-19-14/h1,3,5-9H,2,4,10-11,16H2,(H,17,18). The summed E-state index contributed by atoms with van der Waals surface area (Å²) in [5, 5.41) is 2.85.